The highest BCUT2D eigenvalue weighted by Crippen LogP contribution is 2.32. The second kappa shape index (κ2) is 7.21. The van der Waals surface area contributed by atoms with Crippen molar-refractivity contribution in [3.05, 3.63) is 75.7 Å². The van der Waals surface area contributed by atoms with Gasteiger partial charge in [-0.2, -0.15) is 5.26 Å². The Bertz CT molecular complexity index is 1130. The molecule has 0 aliphatic carbocycles. The van der Waals surface area contributed by atoms with Gasteiger partial charge in [-0.05, 0) is 62.6 Å². The Hall–Kier alpha value is -3.39. The minimum Gasteiger partial charge on any atom is -0.342 e. The molecule has 146 valence electrons. The summed E-state index contributed by atoms with van der Waals surface area (Å²) in [5.74, 6) is 1.27. The number of amides is 1. The van der Waals surface area contributed by atoms with Gasteiger partial charge in [0.15, 0.2) is 0 Å². The molecule has 0 bridgehead atoms. The van der Waals surface area contributed by atoms with E-state index in [9.17, 15) is 4.79 Å². The molecule has 1 fully saturated rings. The van der Waals surface area contributed by atoms with Crippen molar-refractivity contribution in [2.24, 2.45) is 0 Å². The van der Waals surface area contributed by atoms with Crippen LogP contribution in [0, 0.1) is 39.0 Å². The summed E-state index contributed by atoms with van der Waals surface area (Å²) in [5.41, 5.74) is 7.66. The zero-order chi connectivity index (χ0) is 20.7. The fourth-order valence-corrected chi connectivity index (χ4v) is 4.08. The van der Waals surface area contributed by atoms with Crippen molar-refractivity contribution in [1.82, 2.24) is 14.9 Å². The summed E-state index contributed by atoms with van der Waals surface area (Å²) in [4.78, 5) is 22.9. The molecule has 0 spiro atoms. The lowest BCUT2D eigenvalue weighted by atomic mass is 9.89. The Labute approximate surface area is 171 Å². The molecule has 4 rings (SSSR count). The molecule has 0 saturated carbocycles. The number of likely N-dealkylation sites (tertiary alicyclic amines) is 1. The van der Waals surface area contributed by atoms with Crippen LogP contribution in [0.2, 0.25) is 0 Å². The highest BCUT2D eigenvalue weighted by atomic mass is 16.2. The van der Waals surface area contributed by atoms with Gasteiger partial charge in [0.2, 0.25) is 0 Å². The van der Waals surface area contributed by atoms with Crippen LogP contribution in [0.1, 0.15) is 50.0 Å². The lowest BCUT2D eigenvalue weighted by Crippen LogP contribution is -2.48. The van der Waals surface area contributed by atoms with E-state index in [1.165, 1.54) is 5.56 Å². The summed E-state index contributed by atoms with van der Waals surface area (Å²) < 4.78 is 0. The van der Waals surface area contributed by atoms with Crippen LogP contribution in [0.4, 0.5) is 0 Å². The van der Waals surface area contributed by atoms with Crippen LogP contribution < -0.4 is 0 Å². The highest BCUT2D eigenvalue weighted by Gasteiger charge is 2.33. The number of hydrogen-bond donors (Lipinski definition) is 1. The van der Waals surface area contributed by atoms with Crippen molar-refractivity contribution >= 4 is 5.91 Å². The summed E-state index contributed by atoms with van der Waals surface area (Å²) in [7, 11) is 0. The summed E-state index contributed by atoms with van der Waals surface area (Å²) in [6.07, 6.45) is 0. The second-order valence-corrected chi connectivity index (χ2v) is 7.91. The van der Waals surface area contributed by atoms with Crippen molar-refractivity contribution < 1.29 is 4.79 Å². The van der Waals surface area contributed by atoms with Crippen LogP contribution in [0.25, 0.3) is 11.3 Å². The van der Waals surface area contributed by atoms with E-state index in [2.05, 4.69) is 29.0 Å². The number of aromatic nitrogens is 2. The maximum Gasteiger partial charge on any atom is 0.254 e. The molecule has 1 amide bonds. The predicted octanol–water partition coefficient (Wildman–Crippen LogP) is 4.42. The number of hydrogen-bond acceptors (Lipinski definition) is 3. The van der Waals surface area contributed by atoms with Crippen LogP contribution in [0.3, 0.4) is 0 Å². The maximum absolute atomic E-state index is 13.2. The number of aryl methyl sites for hydroxylation is 4. The van der Waals surface area contributed by atoms with Crippen molar-refractivity contribution in [2.75, 3.05) is 13.1 Å². The first-order chi connectivity index (χ1) is 13.9. The minimum atomic E-state index is 0.0718. The molecule has 29 heavy (non-hydrogen) atoms. The molecule has 1 aromatic heterocycles. The number of nitriles is 1. The molecule has 1 N–H and O–H groups in total. The quantitative estimate of drug-likeness (QED) is 0.726. The molecule has 3 aromatic rings. The van der Waals surface area contributed by atoms with Crippen LogP contribution in [-0.2, 0) is 0 Å². The van der Waals surface area contributed by atoms with Gasteiger partial charge in [0, 0.05) is 30.1 Å². The smallest absolute Gasteiger partial charge is 0.254 e. The molecule has 1 aliphatic heterocycles. The predicted molar refractivity (Wildman–Crippen MR) is 113 cm³/mol. The number of benzene rings is 2. The number of nitrogens with one attached hydrogen (secondary N) is 1. The largest absolute Gasteiger partial charge is 0.342 e. The molecule has 5 heteroatoms. The molecular formula is C24H24N4O. The Morgan fingerprint density at radius 2 is 1.79 bits per heavy atom. The Morgan fingerprint density at radius 3 is 2.38 bits per heavy atom. The summed E-state index contributed by atoms with van der Waals surface area (Å²) >= 11 is 0. The second-order valence-electron chi connectivity index (χ2n) is 7.91. The van der Waals surface area contributed by atoms with E-state index < -0.39 is 0 Å². The van der Waals surface area contributed by atoms with Gasteiger partial charge in [0.05, 0.1) is 23.0 Å². The van der Waals surface area contributed by atoms with E-state index in [1.807, 2.05) is 56.0 Å². The normalized spacial score (nSPS) is 13.8. The number of nitrogens with zero attached hydrogens (tertiary/aromatic N) is 3. The van der Waals surface area contributed by atoms with Crippen molar-refractivity contribution in [2.45, 2.75) is 33.6 Å². The van der Waals surface area contributed by atoms with Crippen LogP contribution in [0.15, 0.2) is 36.4 Å². The van der Waals surface area contributed by atoms with Gasteiger partial charge in [0.25, 0.3) is 5.91 Å². The first-order valence-electron chi connectivity index (χ1n) is 9.81. The van der Waals surface area contributed by atoms with Gasteiger partial charge in [-0.3, -0.25) is 4.79 Å². The zero-order valence-electron chi connectivity index (χ0n) is 17.2. The Kier molecular flexibility index (Phi) is 4.71. The van der Waals surface area contributed by atoms with Crippen LogP contribution in [-0.4, -0.2) is 33.9 Å². The number of aromatic amines is 1. The average molecular weight is 384 g/mol. The van der Waals surface area contributed by atoms with Gasteiger partial charge < -0.3 is 9.88 Å². The number of rotatable bonds is 3. The van der Waals surface area contributed by atoms with Gasteiger partial charge >= 0.3 is 0 Å². The van der Waals surface area contributed by atoms with Gasteiger partial charge in [-0.15, -0.1) is 0 Å². The molecule has 2 aromatic carbocycles. The third kappa shape index (κ3) is 3.42. The third-order valence-electron chi connectivity index (χ3n) is 5.75. The standard InChI is InChI=1S/C24H24N4O/c1-14-9-15(2)22(10-21(14)23-16(3)26-17(4)27-23)24(29)28-12-20(13-28)19-7-5-18(11-25)6-8-19/h5-10,20H,12-13H2,1-4H3,(H,26,27). The summed E-state index contributed by atoms with van der Waals surface area (Å²) in [5, 5.41) is 8.94. The average Bonchev–Trinajstić information content (AvgIpc) is 2.99. The number of carbonyl (C=O) groups excluding carboxylic acids is 1. The molecular weight excluding hydrogens is 360 g/mol. The van der Waals surface area contributed by atoms with E-state index in [0.717, 1.165) is 39.5 Å². The molecule has 0 atom stereocenters. The fourth-order valence-electron chi connectivity index (χ4n) is 4.08. The molecule has 0 unspecified atom stereocenters. The van der Waals surface area contributed by atoms with E-state index in [1.54, 1.807) is 0 Å². The Morgan fingerprint density at radius 1 is 1.10 bits per heavy atom. The molecule has 2 heterocycles. The molecule has 1 saturated heterocycles. The van der Waals surface area contributed by atoms with Crippen molar-refractivity contribution in [3.63, 3.8) is 0 Å². The maximum atomic E-state index is 13.2. The van der Waals surface area contributed by atoms with E-state index in [4.69, 9.17) is 5.26 Å². The van der Waals surface area contributed by atoms with Crippen molar-refractivity contribution in [1.29, 1.82) is 5.26 Å². The van der Waals surface area contributed by atoms with Crippen LogP contribution >= 0.6 is 0 Å². The minimum absolute atomic E-state index is 0.0718. The monoisotopic (exact) mass is 384 g/mol. The lowest BCUT2D eigenvalue weighted by Gasteiger charge is -2.40. The molecule has 1 aliphatic rings. The number of imidazole rings is 1. The van der Waals surface area contributed by atoms with E-state index in [-0.39, 0.29) is 5.91 Å². The third-order valence-corrected chi connectivity index (χ3v) is 5.75. The van der Waals surface area contributed by atoms with Gasteiger partial charge in [0.1, 0.15) is 5.82 Å². The first-order valence-corrected chi connectivity index (χ1v) is 9.81. The highest BCUT2D eigenvalue weighted by molar-refractivity contribution is 5.97. The topological polar surface area (TPSA) is 72.8 Å². The SMILES string of the molecule is Cc1nc(C)c(-c2cc(C(=O)N3CC(c4ccc(C#N)cc4)C3)c(C)cc2C)[nH]1. The van der Waals surface area contributed by atoms with Gasteiger partial charge in [-0.25, -0.2) is 4.98 Å². The fraction of sp³-hybridized carbons (Fsp3) is 0.292. The van der Waals surface area contributed by atoms with E-state index >= 15 is 0 Å². The lowest BCUT2D eigenvalue weighted by molar-refractivity contribution is 0.0601. The van der Waals surface area contributed by atoms with E-state index in [0.29, 0.717) is 24.6 Å². The van der Waals surface area contributed by atoms with Gasteiger partial charge in [-0.1, -0.05) is 18.2 Å². The first kappa shape index (κ1) is 18.9. The number of H-pyrrole nitrogens is 1. The molecule has 5 nitrogen and oxygen atoms in total. The number of carbonyl (C=O) groups is 1. The van der Waals surface area contributed by atoms with Crippen LogP contribution in [0.5, 0.6) is 0 Å². The summed E-state index contributed by atoms with van der Waals surface area (Å²) in [6, 6.07) is 13.9. The molecule has 0 radical (unpaired) electrons. The van der Waals surface area contributed by atoms with Crippen molar-refractivity contribution in [3.8, 4) is 17.3 Å². The zero-order valence-corrected chi connectivity index (χ0v) is 17.2. The summed E-state index contributed by atoms with van der Waals surface area (Å²) in [6.45, 7) is 9.39. The Balaban J connectivity index is 1.56.